The molecule has 0 atom stereocenters. The highest BCUT2D eigenvalue weighted by Gasteiger charge is 2.33. The molecule has 0 spiro atoms. The van der Waals surface area contributed by atoms with Gasteiger partial charge in [0.2, 0.25) is 0 Å². The minimum Gasteiger partial charge on any atom is -0.484 e. The second kappa shape index (κ2) is 9.90. The number of halogens is 5. The standard InChI is InChI=1S/C21H15Cl2F3N2O4S/c22-13-1-6-16(7-2-13)32-12-20(29)27-14-3-8-17(9-4-14)33(30,31)28-15-5-10-19(23)18(11-15)21(24,25)26/h1-11,28H,12H2,(H,27,29). The van der Waals surface area contributed by atoms with Gasteiger partial charge in [0.25, 0.3) is 15.9 Å². The van der Waals surface area contributed by atoms with Crippen molar-refractivity contribution < 1.29 is 31.1 Å². The molecule has 6 nitrogen and oxygen atoms in total. The number of carbonyl (C=O) groups excluding carboxylic acids is 1. The lowest BCUT2D eigenvalue weighted by Crippen LogP contribution is -2.20. The van der Waals surface area contributed by atoms with Crippen LogP contribution in [0.5, 0.6) is 5.75 Å². The Morgan fingerprint density at radius 1 is 0.909 bits per heavy atom. The highest BCUT2D eigenvalue weighted by atomic mass is 35.5. The Balaban J connectivity index is 1.64. The third kappa shape index (κ3) is 6.77. The van der Waals surface area contributed by atoms with E-state index in [9.17, 15) is 26.4 Å². The molecule has 0 aliphatic heterocycles. The van der Waals surface area contributed by atoms with Gasteiger partial charge < -0.3 is 10.1 Å². The van der Waals surface area contributed by atoms with Crippen molar-refractivity contribution in [3.63, 3.8) is 0 Å². The molecule has 0 fully saturated rings. The maximum absolute atomic E-state index is 13.0. The molecule has 1 amide bonds. The summed E-state index contributed by atoms with van der Waals surface area (Å²) in [5.74, 6) is -0.0440. The fourth-order valence-corrected chi connectivity index (χ4v) is 4.01. The van der Waals surface area contributed by atoms with E-state index < -0.39 is 32.7 Å². The lowest BCUT2D eigenvalue weighted by Gasteiger charge is -2.13. The minimum absolute atomic E-state index is 0.221. The van der Waals surface area contributed by atoms with Crippen LogP contribution in [0, 0.1) is 0 Å². The second-order valence-electron chi connectivity index (χ2n) is 6.61. The van der Waals surface area contributed by atoms with Crippen LogP contribution >= 0.6 is 23.2 Å². The van der Waals surface area contributed by atoms with E-state index in [0.29, 0.717) is 22.5 Å². The van der Waals surface area contributed by atoms with Crippen molar-refractivity contribution in [1.29, 1.82) is 0 Å². The number of hydrogen-bond acceptors (Lipinski definition) is 4. The van der Waals surface area contributed by atoms with E-state index in [1.54, 1.807) is 24.3 Å². The van der Waals surface area contributed by atoms with Gasteiger partial charge in [-0.15, -0.1) is 0 Å². The predicted octanol–water partition coefficient (Wildman–Crippen LogP) is 5.83. The van der Waals surface area contributed by atoms with Gasteiger partial charge in [-0.3, -0.25) is 9.52 Å². The summed E-state index contributed by atoms with van der Waals surface area (Å²) in [7, 11) is -4.19. The highest BCUT2D eigenvalue weighted by molar-refractivity contribution is 7.92. The van der Waals surface area contributed by atoms with Crippen molar-refractivity contribution in [3.8, 4) is 5.75 Å². The summed E-state index contributed by atoms with van der Waals surface area (Å²) in [6, 6.07) is 14.1. The summed E-state index contributed by atoms with van der Waals surface area (Å²) in [6.45, 7) is -0.290. The molecular weight excluding hydrogens is 504 g/mol. The summed E-state index contributed by atoms with van der Waals surface area (Å²) < 4.78 is 71.4. The Labute approximate surface area is 197 Å². The van der Waals surface area contributed by atoms with Gasteiger partial charge in [0.1, 0.15) is 5.75 Å². The van der Waals surface area contributed by atoms with Gasteiger partial charge in [-0.1, -0.05) is 23.2 Å². The first-order chi connectivity index (χ1) is 15.4. The van der Waals surface area contributed by atoms with Gasteiger partial charge in [0.15, 0.2) is 6.61 Å². The number of nitrogens with one attached hydrogen (secondary N) is 2. The minimum atomic E-state index is -4.74. The molecule has 0 saturated heterocycles. The smallest absolute Gasteiger partial charge is 0.417 e. The molecule has 0 unspecified atom stereocenters. The van der Waals surface area contributed by atoms with Gasteiger partial charge >= 0.3 is 6.18 Å². The monoisotopic (exact) mass is 518 g/mol. The fraction of sp³-hybridized carbons (Fsp3) is 0.0952. The van der Waals surface area contributed by atoms with Crippen LogP contribution in [0.25, 0.3) is 0 Å². The number of ether oxygens (including phenoxy) is 1. The molecule has 0 aliphatic carbocycles. The van der Waals surface area contributed by atoms with Gasteiger partial charge in [-0.25, -0.2) is 8.42 Å². The van der Waals surface area contributed by atoms with Crippen LogP contribution in [0.4, 0.5) is 24.5 Å². The van der Waals surface area contributed by atoms with Crippen LogP contribution in [0.2, 0.25) is 10.0 Å². The number of benzene rings is 3. The summed E-state index contributed by atoms with van der Waals surface area (Å²) in [6.07, 6.45) is -4.74. The zero-order valence-corrected chi connectivity index (χ0v) is 18.8. The van der Waals surface area contributed by atoms with Crippen LogP contribution in [-0.2, 0) is 21.0 Å². The van der Waals surface area contributed by atoms with Gasteiger partial charge in [0.05, 0.1) is 15.5 Å². The Hall–Kier alpha value is -2.95. The van der Waals surface area contributed by atoms with Crippen molar-refractivity contribution in [2.24, 2.45) is 0 Å². The molecule has 0 saturated carbocycles. The van der Waals surface area contributed by atoms with Crippen molar-refractivity contribution in [2.45, 2.75) is 11.1 Å². The number of amides is 1. The van der Waals surface area contributed by atoms with Gasteiger partial charge in [-0.05, 0) is 66.7 Å². The van der Waals surface area contributed by atoms with Crippen LogP contribution in [0.15, 0.2) is 71.6 Å². The van der Waals surface area contributed by atoms with Crippen LogP contribution in [0.1, 0.15) is 5.56 Å². The number of rotatable bonds is 7. The lowest BCUT2D eigenvalue weighted by molar-refractivity contribution is -0.137. The molecule has 12 heteroatoms. The first-order valence-corrected chi connectivity index (χ1v) is 11.4. The average molecular weight is 519 g/mol. The van der Waals surface area contributed by atoms with E-state index in [0.717, 1.165) is 12.1 Å². The van der Waals surface area contributed by atoms with Crippen molar-refractivity contribution >= 4 is 50.5 Å². The largest absolute Gasteiger partial charge is 0.484 e. The number of anilines is 2. The van der Waals surface area contributed by atoms with E-state index in [2.05, 4.69) is 10.0 Å². The molecule has 33 heavy (non-hydrogen) atoms. The van der Waals surface area contributed by atoms with Crippen molar-refractivity contribution in [3.05, 3.63) is 82.3 Å². The van der Waals surface area contributed by atoms with Gasteiger partial charge in [0, 0.05) is 16.4 Å². The van der Waals surface area contributed by atoms with E-state index in [1.807, 2.05) is 0 Å². The molecule has 2 N–H and O–H groups in total. The Morgan fingerprint density at radius 3 is 2.12 bits per heavy atom. The molecule has 0 aromatic heterocycles. The third-order valence-electron chi connectivity index (χ3n) is 4.16. The summed E-state index contributed by atoms with van der Waals surface area (Å²) in [4.78, 5) is 11.8. The SMILES string of the molecule is O=C(COc1ccc(Cl)cc1)Nc1ccc(S(=O)(=O)Nc2ccc(Cl)c(C(F)(F)F)c2)cc1. The van der Waals surface area contributed by atoms with Crippen molar-refractivity contribution in [1.82, 2.24) is 0 Å². The molecule has 0 heterocycles. The Morgan fingerprint density at radius 2 is 1.52 bits per heavy atom. The predicted molar refractivity (Wildman–Crippen MR) is 119 cm³/mol. The zero-order valence-electron chi connectivity index (χ0n) is 16.5. The van der Waals surface area contributed by atoms with Crippen LogP contribution in [0.3, 0.4) is 0 Å². The average Bonchev–Trinajstić information content (AvgIpc) is 2.74. The number of alkyl halides is 3. The molecular formula is C21H15Cl2F3N2O4S. The molecule has 0 aliphatic rings. The molecule has 174 valence electrons. The quantitative estimate of drug-likeness (QED) is 0.412. The maximum atomic E-state index is 13.0. The van der Waals surface area contributed by atoms with E-state index in [-0.39, 0.29) is 17.2 Å². The lowest BCUT2D eigenvalue weighted by atomic mass is 10.2. The van der Waals surface area contributed by atoms with E-state index in [1.165, 1.54) is 24.3 Å². The van der Waals surface area contributed by atoms with Crippen LogP contribution in [-0.4, -0.2) is 20.9 Å². The van der Waals surface area contributed by atoms with Crippen LogP contribution < -0.4 is 14.8 Å². The first kappa shape index (κ1) is 24.7. The number of sulfonamides is 1. The zero-order chi connectivity index (χ0) is 24.2. The summed E-state index contributed by atoms with van der Waals surface area (Å²) >= 11 is 11.3. The number of carbonyl (C=O) groups is 1. The molecule has 0 radical (unpaired) electrons. The normalized spacial score (nSPS) is 11.7. The first-order valence-electron chi connectivity index (χ1n) is 9.12. The molecule has 3 rings (SSSR count). The second-order valence-corrected chi connectivity index (χ2v) is 9.14. The fourth-order valence-electron chi connectivity index (χ4n) is 2.61. The number of hydrogen-bond donors (Lipinski definition) is 2. The topological polar surface area (TPSA) is 84.5 Å². The molecule has 3 aromatic carbocycles. The Bertz CT molecular complexity index is 1250. The maximum Gasteiger partial charge on any atom is 0.417 e. The van der Waals surface area contributed by atoms with E-state index >= 15 is 0 Å². The summed E-state index contributed by atoms with van der Waals surface area (Å²) in [5, 5.41) is 2.51. The Kier molecular flexibility index (Phi) is 7.41. The molecule has 3 aromatic rings. The third-order valence-corrected chi connectivity index (χ3v) is 6.13. The molecule has 0 bridgehead atoms. The van der Waals surface area contributed by atoms with E-state index in [4.69, 9.17) is 27.9 Å². The van der Waals surface area contributed by atoms with Crippen molar-refractivity contribution in [2.75, 3.05) is 16.6 Å². The summed E-state index contributed by atoms with van der Waals surface area (Å²) in [5.41, 5.74) is -1.17. The van der Waals surface area contributed by atoms with Gasteiger partial charge in [-0.2, -0.15) is 13.2 Å². The highest BCUT2D eigenvalue weighted by Crippen LogP contribution is 2.36.